The zero-order valence-corrected chi connectivity index (χ0v) is 12.4. The normalized spacial score (nSPS) is 10.8. The predicted octanol–water partition coefficient (Wildman–Crippen LogP) is 3.62. The third-order valence-electron chi connectivity index (χ3n) is 2.80. The molecule has 0 aliphatic carbocycles. The van der Waals surface area contributed by atoms with Gasteiger partial charge in [-0.2, -0.15) is 5.26 Å². The van der Waals surface area contributed by atoms with Gasteiger partial charge in [0.1, 0.15) is 0 Å². The van der Waals surface area contributed by atoms with Crippen LogP contribution < -0.4 is 0 Å². The van der Waals surface area contributed by atoms with Gasteiger partial charge in [0.15, 0.2) is 0 Å². The van der Waals surface area contributed by atoms with Crippen LogP contribution in [-0.2, 0) is 6.54 Å². The standard InChI is InChI=1S/C14H18ClN3O2/c1-11(2)9-17(7-3-6-16)10-12-4-5-13(15)8-14(12)18(19)20/h4-5,8,11H,3,7,9-10H2,1-2H3. The Morgan fingerprint density at radius 3 is 2.75 bits per heavy atom. The number of nitriles is 1. The lowest BCUT2D eigenvalue weighted by atomic mass is 10.1. The molecule has 1 aromatic carbocycles. The first kappa shape index (κ1) is 16.4. The van der Waals surface area contributed by atoms with Crippen molar-refractivity contribution in [3.8, 4) is 6.07 Å². The van der Waals surface area contributed by atoms with Crippen molar-refractivity contribution in [2.24, 2.45) is 5.92 Å². The minimum Gasteiger partial charge on any atom is -0.298 e. The van der Waals surface area contributed by atoms with Crippen LogP contribution in [0.4, 0.5) is 5.69 Å². The Morgan fingerprint density at radius 2 is 2.20 bits per heavy atom. The molecule has 0 amide bonds. The van der Waals surface area contributed by atoms with E-state index in [1.54, 1.807) is 12.1 Å². The van der Waals surface area contributed by atoms with Gasteiger partial charge < -0.3 is 0 Å². The highest BCUT2D eigenvalue weighted by atomic mass is 35.5. The van der Waals surface area contributed by atoms with Crippen molar-refractivity contribution < 1.29 is 4.92 Å². The number of nitro groups is 1. The molecule has 20 heavy (non-hydrogen) atoms. The van der Waals surface area contributed by atoms with Crippen molar-refractivity contribution in [2.45, 2.75) is 26.8 Å². The van der Waals surface area contributed by atoms with Gasteiger partial charge in [0, 0.05) is 42.7 Å². The van der Waals surface area contributed by atoms with Crippen molar-refractivity contribution in [1.82, 2.24) is 4.90 Å². The smallest absolute Gasteiger partial charge is 0.275 e. The Hall–Kier alpha value is -1.64. The van der Waals surface area contributed by atoms with E-state index < -0.39 is 4.92 Å². The summed E-state index contributed by atoms with van der Waals surface area (Å²) in [6.45, 7) is 6.01. The van der Waals surface area contributed by atoms with Crippen LogP contribution in [0.5, 0.6) is 0 Å². The lowest BCUT2D eigenvalue weighted by Crippen LogP contribution is -2.28. The Kier molecular flexibility index (Phi) is 6.43. The maximum absolute atomic E-state index is 11.1. The van der Waals surface area contributed by atoms with Crippen molar-refractivity contribution in [1.29, 1.82) is 5.26 Å². The first-order chi connectivity index (χ1) is 9.43. The molecule has 0 aliphatic heterocycles. The molecular formula is C14H18ClN3O2. The van der Waals surface area contributed by atoms with Crippen LogP contribution in [0.1, 0.15) is 25.8 Å². The van der Waals surface area contributed by atoms with Crippen LogP contribution >= 0.6 is 11.6 Å². The molecule has 0 fully saturated rings. The number of halogens is 1. The molecule has 5 nitrogen and oxygen atoms in total. The molecule has 0 bridgehead atoms. The number of hydrogen-bond donors (Lipinski definition) is 0. The topological polar surface area (TPSA) is 70.2 Å². The molecule has 0 saturated carbocycles. The van der Waals surface area contributed by atoms with Gasteiger partial charge >= 0.3 is 0 Å². The van der Waals surface area contributed by atoms with E-state index in [9.17, 15) is 10.1 Å². The van der Waals surface area contributed by atoms with Crippen LogP contribution in [0.3, 0.4) is 0 Å². The van der Waals surface area contributed by atoms with Gasteiger partial charge in [0.25, 0.3) is 5.69 Å². The van der Waals surface area contributed by atoms with E-state index in [2.05, 4.69) is 24.8 Å². The molecule has 0 N–H and O–H groups in total. The SMILES string of the molecule is CC(C)CN(CCC#N)Cc1ccc(Cl)cc1[N+](=O)[O-]. The minimum absolute atomic E-state index is 0.0308. The summed E-state index contributed by atoms with van der Waals surface area (Å²) in [6.07, 6.45) is 0.411. The van der Waals surface area contributed by atoms with Crippen LogP contribution in [0.15, 0.2) is 18.2 Å². The van der Waals surface area contributed by atoms with E-state index in [1.807, 2.05) is 0 Å². The van der Waals surface area contributed by atoms with E-state index >= 15 is 0 Å². The second-order valence-electron chi connectivity index (χ2n) is 5.07. The van der Waals surface area contributed by atoms with Gasteiger partial charge in [-0.05, 0) is 18.1 Å². The molecule has 1 rings (SSSR count). The lowest BCUT2D eigenvalue weighted by molar-refractivity contribution is -0.385. The fourth-order valence-electron chi connectivity index (χ4n) is 2.04. The Labute approximate surface area is 123 Å². The number of nitro benzene ring substituents is 1. The van der Waals surface area contributed by atoms with Crippen LogP contribution in [-0.4, -0.2) is 22.9 Å². The van der Waals surface area contributed by atoms with E-state index in [0.717, 1.165) is 6.54 Å². The Bertz CT molecular complexity index is 512. The summed E-state index contributed by atoms with van der Waals surface area (Å²) in [5.74, 6) is 0.431. The highest BCUT2D eigenvalue weighted by Gasteiger charge is 2.17. The van der Waals surface area contributed by atoms with E-state index in [0.29, 0.717) is 36.0 Å². The van der Waals surface area contributed by atoms with Crippen molar-refractivity contribution in [2.75, 3.05) is 13.1 Å². The highest BCUT2D eigenvalue weighted by molar-refractivity contribution is 6.30. The maximum atomic E-state index is 11.1. The summed E-state index contributed by atoms with van der Waals surface area (Å²) in [7, 11) is 0. The highest BCUT2D eigenvalue weighted by Crippen LogP contribution is 2.24. The summed E-state index contributed by atoms with van der Waals surface area (Å²) < 4.78 is 0. The molecule has 108 valence electrons. The second-order valence-corrected chi connectivity index (χ2v) is 5.50. The molecular weight excluding hydrogens is 278 g/mol. The monoisotopic (exact) mass is 295 g/mol. The minimum atomic E-state index is -0.418. The second kappa shape index (κ2) is 7.83. The first-order valence-corrected chi connectivity index (χ1v) is 6.84. The molecule has 0 heterocycles. The summed E-state index contributed by atoms with van der Waals surface area (Å²) in [4.78, 5) is 12.7. The molecule has 0 aromatic heterocycles. The van der Waals surface area contributed by atoms with Gasteiger partial charge in [-0.15, -0.1) is 0 Å². The number of nitrogens with zero attached hydrogens (tertiary/aromatic N) is 3. The van der Waals surface area contributed by atoms with Gasteiger partial charge in [-0.3, -0.25) is 15.0 Å². The summed E-state index contributed by atoms with van der Waals surface area (Å²) in [5, 5.41) is 20.1. The van der Waals surface area contributed by atoms with Gasteiger partial charge in [-0.25, -0.2) is 0 Å². The number of benzene rings is 1. The first-order valence-electron chi connectivity index (χ1n) is 6.46. The quantitative estimate of drug-likeness (QED) is 0.569. The molecule has 0 unspecified atom stereocenters. The lowest BCUT2D eigenvalue weighted by Gasteiger charge is -2.23. The average molecular weight is 296 g/mol. The van der Waals surface area contributed by atoms with Gasteiger partial charge in [0.05, 0.1) is 11.0 Å². The van der Waals surface area contributed by atoms with Gasteiger partial charge in [-0.1, -0.05) is 25.4 Å². The van der Waals surface area contributed by atoms with Gasteiger partial charge in [0.2, 0.25) is 0 Å². The van der Waals surface area contributed by atoms with E-state index in [1.165, 1.54) is 6.07 Å². The van der Waals surface area contributed by atoms with Crippen LogP contribution in [0.25, 0.3) is 0 Å². The van der Waals surface area contributed by atoms with Crippen molar-refractivity contribution >= 4 is 17.3 Å². The summed E-state index contributed by atoms with van der Waals surface area (Å²) in [6, 6.07) is 6.81. The fraction of sp³-hybridized carbons (Fsp3) is 0.500. The van der Waals surface area contributed by atoms with Crippen LogP contribution in [0, 0.1) is 27.4 Å². The molecule has 0 radical (unpaired) electrons. The summed E-state index contributed by atoms with van der Waals surface area (Å²) >= 11 is 5.80. The third-order valence-corrected chi connectivity index (χ3v) is 3.04. The Balaban J connectivity index is 2.92. The molecule has 1 aromatic rings. The zero-order valence-electron chi connectivity index (χ0n) is 11.7. The molecule has 0 saturated heterocycles. The van der Waals surface area contributed by atoms with Crippen LogP contribution in [0.2, 0.25) is 5.02 Å². The zero-order chi connectivity index (χ0) is 15.1. The number of hydrogen-bond acceptors (Lipinski definition) is 4. The summed E-state index contributed by atoms with van der Waals surface area (Å²) in [5.41, 5.74) is 0.654. The maximum Gasteiger partial charge on any atom is 0.275 e. The largest absolute Gasteiger partial charge is 0.298 e. The molecule has 0 spiro atoms. The molecule has 6 heteroatoms. The molecule has 0 aliphatic rings. The number of rotatable bonds is 7. The third kappa shape index (κ3) is 5.16. The van der Waals surface area contributed by atoms with E-state index in [4.69, 9.17) is 16.9 Å². The fourth-order valence-corrected chi connectivity index (χ4v) is 2.21. The van der Waals surface area contributed by atoms with E-state index in [-0.39, 0.29) is 5.69 Å². The average Bonchev–Trinajstić information content (AvgIpc) is 2.37. The van der Waals surface area contributed by atoms with Crippen molar-refractivity contribution in [3.05, 3.63) is 38.9 Å². The van der Waals surface area contributed by atoms with Crippen molar-refractivity contribution in [3.63, 3.8) is 0 Å². The predicted molar refractivity (Wildman–Crippen MR) is 78.5 cm³/mol. The molecule has 0 atom stereocenters. The Morgan fingerprint density at radius 1 is 1.50 bits per heavy atom.